The van der Waals surface area contributed by atoms with Crippen LogP contribution >= 0.6 is 0 Å². The Bertz CT molecular complexity index is 122. The summed E-state index contributed by atoms with van der Waals surface area (Å²) in [5.74, 6) is 0. The van der Waals surface area contributed by atoms with Gasteiger partial charge in [-0.05, 0) is 11.1 Å². The summed E-state index contributed by atoms with van der Waals surface area (Å²) in [5.41, 5.74) is 0. The van der Waals surface area contributed by atoms with Gasteiger partial charge in [0, 0.05) is 0 Å². The highest BCUT2D eigenvalue weighted by molar-refractivity contribution is 6.82. The van der Waals surface area contributed by atoms with Gasteiger partial charge in [-0.2, -0.15) is 0 Å². The summed E-state index contributed by atoms with van der Waals surface area (Å²) in [4.78, 5) is 10.3. The number of hydrogen-bond acceptors (Lipinski definition) is 1. The molecule has 0 heterocycles. The van der Waals surface area contributed by atoms with E-state index in [-0.39, 0.29) is 0 Å². The third-order valence-corrected chi connectivity index (χ3v) is 7.87. The second-order valence-electron chi connectivity index (χ2n) is 4.50. The lowest BCUT2D eigenvalue weighted by atomic mass is 10.2. The Hall–Kier alpha value is -0.113. The minimum absolute atomic E-state index is 0.355. The fourth-order valence-corrected chi connectivity index (χ4v) is 1.54. The van der Waals surface area contributed by atoms with Gasteiger partial charge in [-0.3, -0.25) is 0 Å². The maximum absolute atomic E-state index is 10.3. The Labute approximate surface area is 64.8 Å². The Morgan fingerprint density at radius 1 is 1.30 bits per heavy atom. The Morgan fingerprint density at radius 2 is 1.70 bits per heavy atom. The number of carbonyl (C=O) groups excluding carboxylic acids is 1. The zero-order chi connectivity index (χ0) is 8.41. The molecule has 0 amide bonds. The molecule has 0 saturated heterocycles. The van der Waals surface area contributed by atoms with Gasteiger partial charge in [-0.1, -0.05) is 33.9 Å². The molecule has 1 nitrogen and oxygen atoms in total. The van der Waals surface area contributed by atoms with Crippen LogP contribution in [0.15, 0.2) is 0 Å². The molecule has 0 aromatic carbocycles. The first kappa shape index (κ1) is 9.89. The minimum atomic E-state index is -1.27. The molecule has 0 unspecified atom stereocenters. The van der Waals surface area contributed by atoms with E-state index < -0.39 is 8.07 Å². The zero-order valence-electron chi connectivity index (χ0n) is 7.69. The van der Waals surface area contributed by atoms with Crippen LogP contribution in [0, 0.1) is 0 Å². The topological polar surface area (TPSA) is 17.1 Å². The first-order valence-corrected chi connectivity index (χ1v) is 6.95. The fraction of sp³-hybridized carbons (Fsp3) is 0.875. The lowest BCUT2D eigenvalue weighted by Crippen LogP contribution is -2.37. The number of aldehydes is 1. The van der Waals surface area contributed by atoms with E-state index in [0.29, 0.717) is 5.04 Å². The van der Waals surface area contributed by atoms with Crippen molar-refractivity contribution in [2.45, 2.75) is 44.9 Å². The van der Waals surface area contributed by atoms with Crippen molar-refractivity contribution in [1.29, 1.82) is 0 Å². The summed E-state index contributed by atoms with van der Waals surface area (Å²) in [7, 11) is -1.27. The smallest absolute Gasteiger partial charge is 0.117 e. The average Bonchev–Trinajstić information content (AvgIpc) is 1.61. The third kappa shape index (κ3) is 2.25. The van der Waals surface area contributed by atoms with Gasteiger partial charge >= 0.3 is 0 Å². The summed E-state index contributed by atoms with van der Waals surface area (Å²) in [6, 6.07) is 0.788. The van der Waals surface area contributed by atoms with Crippen LogP contribution in [0.5, 0.6) is 0 Å². The van der Waals surface area contributed by atoms with E-state index in [4.69, 9.17) is 0 Å². The van der Waals surface area contributed by atoms with Gasteiger partial charge in [0.1, 0.15) is 6.29 Å². The molecule has 0 atom stereocenters. The van der Waals surface area contributed by atoms with Crippen molar-refractivity contribution in [3.05, 3.63) is 0 Å². The Morgan fingerprint density at radius 3 is 1.80 bits per heavy atom. The minimum Gasteiger partial charge on any atom is -0.304 e. The number of hydrogen-bond donors (Lipinski definition) is 0. The lowest BCUT2D eigenvalue weighted by Gasteiger charge is -2.35. The predicted octanol–water partition coefficient (Wildman–Crippen LogP) is 2.69. The van der Waals surface area contributed by atoms with Crippen molar-refractivity contribution < 1.29 is 4.79 Å². The van der Waals surface area contributed by atoms with Gasteiger partial charge in [0.25, 0.3) is 0 Å². The molecule has 0 rings (SSSR count). The maximum Gasteiger partial charge on any atom is 0.117 e. The first-order chi connectivity index (χ1) is 4.31. The van der Waals surface area contributed by atoms with Gasteiger partial charge in [-0.25, -0.2) is 0 Å². The zero-order valence-corrected chi connectivity index (χ0v) is 8.69. The van der Waals surface area contributed by atoms with Crippen molar-refractivity contribution in [2.75, 3.05) is 0 Å². The second-order valence-corrected chi connectivity index (χ2v) is 10.2. The Balaban J connectivity index is 4.23. The van der Waals surface area contributed by atoms with E-state index in [1.165, 1.54) is 0 Å². The van der Waals surface area contributed by atoms with Crippen LogP contribution in [0.25, 0.3) is 0 Å². The molecule has 0 saturated carbocycles. The van der Waals surface area contributed by atoms with E-state index in [0.717, 1.165) is 12.3 Å². The predicted molar refractivity (Wildman–Crippen MR) is 48.1 cm³/mol. The summed E-state index contributed by atoms with van der Waals surface area (Å²) in [5, 5.41) is 0.355. The van der Waals surface area contributed by atoms with Gasteiger partial charge < -0.3 is 4.79 Å². The molecule has 0 bridgehead atoms. The van der Waals surface area contributed by atoms with E-state index in [2.05, 4.69) is 33.9 Å². The molecule has 60 valence electrons. The standard InChI is InChI=1S/C8H18OSi/c1-8(2,3)10(4,5)7-6-9/h6H,7H2,1-5H3. The summed E-state index contributed by atoms with van der Waals surface area (Å²) in [6.45, 7) is 11.2. The van der Waals surface area contributed by atoms with E-state index in [1.807, 2.05) is 0 Å². The highest BCUT2D eigenvalue weighted by Crippen LogP contribution is 2.37. The normalized spacial score (nSPS) is 13.3. The number of rotatable bonds is 2. The van der Waals surface area contributed by atoms with Crippen LogP contribution in [0.3, 0.4) is 0 Å². The molecule has 10 heavy (non-hydrogen) atoms. The summed E-state index contributed by atoms with van der Waals surface area (Å²) < 4.78 is 0. The van der Waals surface area contributed by atoms with Crippen molar-refractivity contribution in [3.63, 3.8) is 0 Å². The van der Waals surface area contributed by atoms with Crippen molar-refractivity contribution in [1.82, 2.24) is 0 Å². The highest BCUT2D eigenvalue weighted by Gasteiger charge is 2.34. The molecule has 2 heteroatoms. The first-order valence-electron chi connectivity index (χ1n) is 3.75. The molecule has 0 aliphatic rings. The fourth-order valence-electron chi connectivity index (χ4n) is 0.515. The quantitative estimate of drug-likeness (QED) is 0.446. The molecule has 0 radical (unpaired) electrons. The average molecular weight is 158 g/mol. The van der Waals surface area contributed by atoms with E-state index >= 15 is 0 Å². The van der Waals surface area contributed by atoms with Crippen molar-refractivity contribution >= 4 is 14.4 Å². The van der Waals surface area contributed by atoms with Crippen LogP contribution < -0.4 is 0 Å². The molecular weight excluding hydrogens is 140 g/mol. The lowest BCUT2D eigenvalue weighted by molar-refractivity contribution is -0.106. The van der Waals surface area contributed by atoms with E-state index in [1.54, 1.807) is 0 Å². The SMILES string of the molecule is CC(C)(C)[Si](C)(C)CC=O. The van der Waals surface area contributed by atoms with E-state index in [9.17, 15) is 4.79 Å². The molecule has 0 aromatic heterocycles. The van der Waals surface area contributed by atoms with Crippen LogP contribution in [0.4, 0.5) is 0 Å². The van der Waals surface area contributed by atoms with Crippen LogP contribution in [-0.4, -0.2) is 14.4 Å². The van der Waals surface area contributed by atoms with Gasteiger partial charge in [0.05, 0.1) is 8.07 Å². The molecule has 0 N–H and O–H groups in total. The largest absolute Gasteiger partial charge is 0.304 e. The third-order valence-electron chi connectivity index (χ3n) is 2.62. The maximum atomic E-state index is 10.3. The van der Waals surface area contributed by atoms with Crippen molar-refractivity contribution in [2.24, 2.45) is 0 Å². The van der Waals surface area contributed by atoms with Gasteiger partial charge in [-0.15, -0.1) is 0 Å². The summed E-state index contributed by atoms with van der Waals surface area (Å²) >= 11 is 0. The van der Waals surface area contributed by atoms with Gasteiger partial charge in [0.2, 0.25) is 0 Å². The van der Waals surface area contributed by atoms with Crippen LogP contribution in [0.2, 0.25) is 24.2 Å². The monoisotopic (exact) mass is 158 g/mol. The molecule has 0 aliphatic carbocycles. The summed E-state index contributed by atoms with van der Waals surface area (Å²) in [6.07, 6.45) is 1.07. The van der Waals surface area contributed by atoms with Gasteiger partial charge in [0.15, 0.2) is 0 Å². The van der Waals surface area contributed by atoms with Crippen LogP contribution in [0.1, 0.15) is 20.8 Å². The highest BCUT2D eigenvalue weighted by atomic mass is 28.3. The van der Waals surface area contributed by atoms with Crippen LogP contribution in [-0.2, 0) is 4.79 Å². The molecule has 0 spiro atoms. The molecule has 0 aliphatic heterocycles. The second kappa shape index (κ2) is 2.87. The molecular formula is C8H18OSi. The number of carbonyl (C=O) groups is 1. The Kier molecular flexibility index (Phi) is 2.83. The molecule has 0 aromatic rings. The molecule has 0 fully saturated rings. The van der Waals surface area contributed by atoms with Crippen molar-refractivity contribution in [3.8, 4) is 0 Å².